The monoisotopic (exact) mass is 235 g/mol. The van der Waals surface area contributed by atoms with E-state index in [0.717, 1.165) is 16.7 Å². The molecular weight excluding hydrogens is 220 g/mol. The maximum absolute atomic E-state index is 10.6. The number of amidine groups is 1. The van der Waals surface area contributed by atoms with Crippen molar-refractivity contribution in [2.75, 3.05) is 0 Å². The van der Waals surface area contributed by atoms with Gasteiger partial charge in [0, 0.05) is 6.92 Å². The van der Waals surface area contributed by atoms with Gasteiger partial charge >= 0.3 is 0 Å². The highest BCUT2D eigenvalue weighted by atomic mass is 16.3. The lowest BCUT2D eigenvalue weighted by molar-refractivity contribution is -0.601. The van der Waals surface area contributed by atoms with E-state index < -0.39 is 6.02 Å². The van der Waals surface area contributed by atoms with E-state index in [2.05, 4.69) is 15.8 Å². The fraction of sp³-hybridized carbons (Fsp3) is 0.300. The summed E-state index contributed by atoms with van der Waals surface area (Å²) in [5.41, 5.74) is 11.3. The minimum absolute atomic E-state index is 0.177. The van der Waals surface area contributed by atoms with E-state index >= 15 is 0 Å². The Morgan fingerprint density at radius 1 is 1.65 bits per heavy atom. The van der Waals surface area contributed by atoms with Crippen LogP contribution >= 0.6 is 0 Å². The number of hydrogen-bond donors (Lipinski definition) is 3. The Hall–Kier alpha value is -2.15. The van der Waals surface area contributed by atoms with E-state index in [1.54, 1.807) is 4.36 Å². The molecule has 0 saturated carbocycles. The molecule has 1 unspecified atom stereocenters. The van der Waals surface area contributed by atoms with Crippen LogP contribution in [0.1, 0.15) is 25.6 Å². The summed E-state index contributed by atoms with van der Waals surface area (Å²) in [4.78, 5) is 0. The van der Waals surface area contributed by atoms with Crippen molar-refractivity contribution in [3.05, 3.63) is 29.2 Å². The molecule has 0 aliphatic carbocycles. The molecule has 0 fully saturated rings. The Bertz CT molecular complexity index is 575. The summed E-state index contributed by atoms with van der Waals surface area (Å²) >= 11 is 0. The minimum atomic E-state index is -0.703. The fourth-order valence-electron chi connectivity index (χ4n) is 1.69. The van der Waals surface area contributed by atoms with Crippen molar-refractivity contribution < 1.29 is 14.9 Å². The maximum Gasteiger partial charge on any atom is 0.214 e. The second kappa shape index (κ2) is 4.38. The van der Waals surface area contributed by atoms with Gasteiger partial charge in [0.05, 0.1) is 5.22 Å². The Morgan fingerprint density at radius 2 is 2.41 bits per heavy atom. The van der Waals surface area contributed by atoms with Gasteiger partial charge in [0.25, 0.3) is 0 Å². The zero-order valence-corrected chi connectivity index (χ0v) is 9.71. The Kier molecular flexibility index (Phi) is 2.92. The van der Waals surface area contributed by atoms with Gasteiger partial charge in [0.1, 0.15) is 6.02 Å². The van der Waals surface area contributed by atoms with Gasteiger partial charge in [0.2, 0.25) is 5.35 Å². The molecule has 1 aliphatic rings. The van der Waals surface area contributed by atoms with Crippen LogP contribution in [-0.2, 0) is 0 Å². The second-order valence-corrected chi connectivity index (χ2v) is 3.88. The molecule has 1 aromatic rings. The third kappa shape index (κ3) is 2.18. The van der Waals surface area contributed by atoms with E-state index in [1.807, 2.05) is 32.0 Å². The molecule has 7 heteroatoms. The average molecular weight is 235 g/mol. The fourth-order valence-corrected chi connectivity index (χ4v) is 1.69. The maximum atomic E-state index is 10.6. The van der Waals surface area contributed by atoms with Gasteiger partial charge in [-0.3, -0.25) is 0 Å². The van der Waals surface area contributed by atoms with Crippen LogP contribution in [0.5, 0.6) is 0 Å². The number of hydrogen-bond acceptors (Lipinski definition) is 4. The molecule has 0 saturated heterocycles. The standard InChI is InChI=1S/C10H14N6O/c1-6(12-14-10(11)17)8-4-3-5-9-7(2)13-15-16(8)9/h3-5,7H,1-2H3,(H4,11,12,13,14,15,17)/p+1. The summed E-state index contributed by atoms with van der Waals surface area (Å²) in [6, 6.07) is 5.33. The van der Waals surface area contributed by atoms with Crippen molar-refractivity contribution in [3.63, 3.8) is 0 Å². The largest absolute Gasteiger partial charge is 0.842 e. The van der Waals surface area contributed by atoms with Crippen LogP contribution in [0.15, 0.2) is 28.5 Å². The molecule has 1 aliphatic heterocycles. The molecule has 0 bridgehead atoms. The highest BCUT2D eigenvalue weighted by Crippen LogP contribution is 2.06. The lowest BCUT2D eigenvalue weighted by Gasteiger charge is -1.99. The number of nitrogens with one attached hydrogen (secondary N) is 1. The molecule has 0 spiro atoms. The van der Waals surface area contributed by atoms with Gasteiger partial charge in [-0.05, 0) is 19.1 Å². The number of quaternary nitrogens is 1. The number of pyridine rings is 1. The lowest BCUT2D eigenvalue weighted by atomic mass is 10.2. The SMILES string of the molecule is CC([NH2+]N=C(N)[O-])=c1cccc2[n+]1=NNC2C. The predicted molar refractivity (Wildman–Crippen MR) is 58.3 cm³/mol. The highest BCUT2D eigenvalue weighted by molar-refractivity contribution is 5.65. The topological polar surface area (TPSA) is 108 Å². The summed E-state index contributed by atoms with van der Waals surface area (Å²) in [6.07, 6.45) is 0. The predicted octanol–water partition coefficient (Wildman–Crippen LogP) is -3.13. The van der Waals surface area contributed by atoms with Gasteiger partial charge in [-0.25, -0.2) is 0 Å². The Balaban J connectivity index is 2.53. The number of aromatic nitrogens is 1. The quantitative estimate of drug-likeness (QED) is 0.166. The van der Waals surface area contributed by atoms with Gasteiger partial charge in [-0.2, -0.15) is 10.9 Å². The van der Waals surface area contributed by atoms with E-state index in [1.165, 1.54) is 5.43 Å². The van der Waals surface area contributed by atoms with Gasteiger partial charge in [0.15, 0.2) is 17.4 Å². The van der Waals surface area contributed by atoms with Crippen LogP contribution in [-0.4, -0.2) is 6.02 Å². The minimum Gasteiger partial charge on any atom is -0.842 e. The molecule has 1 atom stereocenters. The first kappa shape index (κ1) is 11.3. The third-order valence-corrected chi connectivity index (χ3v) is 2.58. The van der Waals surface area contributed by atoms with Gasteiger partial charge in [-0.15, -0.1) is 0 Å². The average Bonchev–Trinajstić information content (AvgIpc) is 2.68. The van der Waals surface area contributed by atoms with Crippen molar-refractivity contribution in [2.24, 2.45) is 16.1 Å². The zero-order chi connectivity index (χ0) is 12.4. The number of rotatable bonds is 2. The molecule has 0 radical (unpaired) electrons. The smallest absolute Gasteiger partial charge is 0.214 e. The van der Waals surface area contributed by atoms with Crippen molar-refractivity contribution in [3.8, 4) is 0 Å². The zero-order valence-electron chi connectivity index (χ0n) is 9.71. The molecular formula is C10H15N6O+. The summed E-state index contributed by atoms with van der Waals surface area (Å²) in [5.74, 6) is 0. The van der Waals surface area contributed by atoms with Crippen LogP contribution in [0.25, 0.3) is 5.70 Å². The van der Waals surface area contributed by atoms with E-state index in [0.29, 0.717) is 0 Å². The van der Waals surface area contributed by atoms with Crippen LogP contribution in [0.4, 0.5) is 0 Å². The summed E-state index contributed by atoms with van der Waals surface area (Å²) in [5, 5.41) is 19.2. The molecule has 1 aromatic heterocycles. The molecule has 2 heterocycles. The molecule has 0 aromatic carbocycles. The van der Waals surface area contributed by atoms with E-state index in [4.69, 9.17) is 5.73 Å². The number of fused-ring (bicyclic) bond motifs is 1. The van der Waals surface area contributed by atoms with Crippen molar-refractivity contribution >= 4 is 11.7 Å². The van der Waals surface area contributed by atoms with E-state index in [-0.39, 0.29) is 6.04 Å². The van der Waals surface area contributed by atoms with Crippen LogP contribution in [0.3, 0.4) is 0 Å². The van der Waals surface area contributed by atoms with Gasteiger partial charge in [-0.1, -0.05) is 15.5 Å². The van der Waals surface area contributed by atoms with E-state index in [9.17, 15) is 5.11 Å². The number of nitrogens with zero attached hydrogens (tertiary/aromatic N) is 3. The van der Waals surface area contributed by atoms with Crippen LogP contribution in [0, 0.1) is 0 Å². The molecule has 0 amide bonds. The second-order valence-electron chi connectivity index (χ2n) is 3.88. The van der Waals surface area contributed by atoms with Crippen molar-refractivity contribution in [1.82, 2.24) is 5.43 Å². The first-order valence-electron chi connectivity index (χ1n) is 5.28. The summed E-state index contributed by atoms with van der Waals surface area (Å²) < 4.78 is 1.80. The molecule has 5 N–H and O–H groups in total. The first-order chi connectivity index (χ1) is 8.09. The Morgan fingerprint density at radius 3 is 3.12 bits per heavy atom. The Labute approximate surface area is 98.0 Å². The lowest BCUT2D eigenvalue weighted by Crippen LogP contribution is -2.78. The molecule has 17 heavy (non-hydrogen) atoms. The van der Waals surface area contributed by atoms with Crippen LogP contribution in [0.2, 0.25) is 0 Å². The molecule has 7 nitrogen and oxygen atoms in total. The molecule has 90 valence electrons. The van der Waals surface area contributed by atoms with Crippen molar-refractivity contribution in [2.45, 2.75) is 19.9 Å². The molecule has 2 rings (SSSR count). The normalized spacial score (nSPS) is 20.4. The summed E-state index contributed by atoms with van der Waals surface area (Å²) in [7, 11) is 0. The number of nitrogens with two attached hydrogens (primary N) is 2. The summed E-state index contributed by atoms with van der Waals surface area (Å²) in [6.45, 7) is 3.88. The van der Waals surface area contributed by atoms with Crippen molar-refractivity contribution in [1.29, 1.82) is 0 Å². The first-order valence-corrected chi connectivity index (χ1v) is 5.28. The van der Waals surface area contributed by atoms with Gasteiger partial charge < -0.3 is 10.8 Å². The van der Waals surface area contributed by atoms with Crippen LogP contribution < -0.4 is 31.4 Å². The third-order valence-electron chi connectivity index (χ3n) is 2.58. The highest BCUT2D eigenvalue weighted by Gasteiger charge is 2.22.